The van der Waals surface area contributed by atoms with Crippen molar-refractivity contribution in [2.45, 2.75) is 37.1 Å². The van der Waals surface area contributed by atoms with E-state index < -0.39 is 37.1 Å². The standard InChI is InChI=1S/C7H7F4NS/c8-3-1-4(9)6(11)7(5(3)10)12-2-13/h3-7H,1H2. The predicted molar refractivity (Wildman–Crippen MR) is 43.0 cm³/mol. The minimum Gasteiger partial charge on any atom is -0.244 e. The van der Waals surface area contributed by atoms with Gasteiger partial charge in [-0.3, -0.25) is 0 Å². The molecule has 4 atom stereocenters. The highest BCUT2D eigenvalue weighted by Gasteiger charge is 2.46. The molecule has 0 heterocycles. The fourth-order valence-electron chi connectivity index (χ4n) is 1.28. The van der Waals surface area contributed by atoms with E-state index in [4.69, 9.17) is 0 Å². The topological polar surface area (TPSA) is 12.4 Å². The van der Waals surface area contributed by atoms with Crippen LogP contribution in [0.5, 0.6) is 0 Å². The lowest BCUT2D eigenvalue weighted by atomic mass is 9.89. The van der Waals surface area contributed by atoms with Gasteiger partial charge in [0.25, 0.3) is 0 Å². The van der Waals surface area contributed by atoms with Crippen molar-refractivity contribution in [2.24, 2.45) is 4.99 Å². The van der Waals surface area contributed by atoms with Crippen LogP contribution in [-0.4, -0.2) is 35.9 Å². The lowest BCUT2D eigenvalue weighted by Crippen LogP contribution is -2.48. The predicted octanol–water partition coefficient (Wildman–Crippen LogP) is 2.21. The first kappa shape index (κ1) is 10.6. The van der Waals surface area contributed by atoms with E-state index in [1.165, 1.54) is 0 Å². The van der Waals surface area contributed by atoms with Crippen LogP contribution in [0.3, 0.4) is 0 Å². The van der Waals surface area contributed by atoms with Crippen molar-refractivity contribution in [3.63, 3.8) is 0 Å². The smallest absolute Gasteiger partial charge is 0.157 e. The van der Waals surface area contributed by atoms with Gasteiger partial charge in [0.1, 0.15) is 18.4 Å². The second-order valence-electron chi connectivity index (χ2n) is 2.87. The summed E-state index contributed by atoms with van der Waals surface area (Å²) in [4.78, 5) is 3.08. The molecule has 0 aromatic rings. The summed E-state index contributed by atoms with van der Waals surface area (Å²) in [5, 5.41) is 1.73. The number of isothiocyanates is 1. The second-order valence-corrected chi connectivity index (χ2v) is 3.05. The van der Waals surface area contributed by atoms with Gasteiger partial charge in [-0.25, -0.2) is 22.6 Å². The Morgan fingerprint density at radius 3 is 1.92 bits per heavy atom. The molecule has 4 unspecified atom stereocenters. The molecule has 0 radical (unpaired) electrons. The van der Waals surface area contributed by atoms with Gasteiger partial charge in [-0.1, -0.05) is 0 Å². The van der Waals surface area contributed by atoms with Crippen LogP contribution in [0.25, 0.3) is 0 Å². The number of thiocarbonyl (C=S) groups is 1. The highest BCUT2D eigenvalue weighted by molar-refractivity contribution is 7.78. The minimum atomic E-state index is -2.13. The SMILES string of the molecule is FC1CC(F)C(F)C(N=C=S)C1F. The summed E-state index contributed by atoms with van der Waals surface area (Å²) in [6.07, 6.45) is -9.04. The maximum Gasteiger partial charge on any atom is 0.157 e. The van der Waals surface area contributed by atoms with E-state index in [0.717, 1.165) is 0 Å². The molecule has 0 spiro atoms. The number of hydrogen-bond donors (Lipinski definition) is 0. The van der Waals surface area contributed by atoms with Crippen molar-refractivity contribution in [3.05, 3.63) is 0 Å². The molecule has 0 amide bonds. The van der Waals surface area contributed by atoms with Crippen LogP contribution >= 0.6 is 12.2 Å². The molecule has 0 bridgehead atoms. The summed E-state index contributed by atoms with van der Waals surface area (Å²) in [5.74, 6) is 0. The molecule has 1 saturated carbocycles. The van der Waals surface area contributed by atoms with E-state index in [1.807, 2.05) is 0 Å². The molecule has 0 aliphatic heterocycles. The third-order valence-electron chi connectivity index (χ3n) is 2.00. The Morgan fingerprint density at radius 1 is 1.08 bits per heavy atom. The second kappa shape index (κ2) is 4.15. The van der Waals surface area contributed by atoms with Crippen LogP contribution in [-0.2, 0) is 0 Å². The van der Waals surface area contributed by atoms with Gasteiger partial charge in [0.2, 0.25) is 0 Å². The van der Waals surface area contributed by atoms with Gasteiger partial charge in [-0.15, -0.1) is 0 Å². The highest BCUT2D eigenvalue weighted by atomic mass is 32.1. The summed E-state index contributed by atoms with van der Waals surface area (Å²) in [7, 11) is 0. The van der Waals surface area contributed by atoms with Crippen molar-refractivity contribution >= 4 is 17.4 Å². The Balaban J connectivity index is 2.81. The average molecular weight is 213 g/mol. The summed E-state index contributed by atoms with van der Waals surface area (Å²) in [5.41, 5.74) is 0. The van der Waals surface area contributed by atoms with Crippen LogP contribution in [0, 0.1) is 0 Å². The zero-order chi connectivity index (χ0) is 10.0. The molecular weight excluding hydrogens is 206 g/mol. The van der Waals surface area contributed by atoms with E-state index in [-0.39, 0.29) is 0 Å². The summed E-state index contributed by atoms with van der Waals surface area (Å²) in [6.45, 7) is 0. The highest BCUT2D eigenvalue weighted by Crippen LogP contribution is 2.31. The Morgan fingerprint density at radius 2 is 1.54 bits per heavy atom. The molecule has 1 fully saturated rings. The molecule has 0 aromatic carbocycles. The number of aliphatic imine (C=N–C) groups is 1. The quantitative estimate of drug-likeness (QED) is 0.369. The van der Waals surface area contributed by atoms with Crippen molar-refractivity contribution in [3.8, 4) is 0 Å². The van der Waals surface area contributed by atoms with Crippen molar-refractivity contribution in [1.29, 1.82) is 0 Å². The monoisotopic (exact) mass is 213 g/mol. The first-order chi connectivity index (χ1) is 6.07. The van der Waals surface area contributed by atoms with Gasteiger partial charge < -0.3 is 0 Å². The van der Waals surface area contributed by atoms with Gasteiger partial charge in [0, 0.05) is 6.42 Å². The van der Waals surface area contributed by atoms with Crippen LogP contribution in [0.1, 0.15) is 6.42 Å². The number of hydrogen-bond acceptors (Lipinski definition) is 2. The average Bonchev–Trinajstić information content (AvgIpc) is 2.09. The first-order valence-electron chi connectivity index (χ1n) is 3.71. The van der Waals surface area contributed by atoms with Crippen molar-refractivity contribution < 1.29 is 17.6 Å². The van der Waals surface area contributed by atoms with Gasteiger partial charge in [-0.2, -0.15) is 0 Å². The molecule has 1 rings (SSSR count). The Labute approximate surface area is 77.8 Å². The van der Waals surface area contributed by atoms with Gasteiger partial charge >= 0.3 is 0 Å². The van der Waals surface area contributed by atoms with Crippen LogP contribution < -0.4 is 0 Å². The lowest BCUT2D eigenvalue weighted by Gasteiger charge is -2.30. The molecule has 0 N–H and O–H groups in total. The third-order valence-corrected chi connectivity index (χ3v) is 2.10. The van der Waals surface area contributed by atoms with Gasteiger partial charge in [0.15, 0.2) is 12.3 Å². The molecule has 74 valence electrons. The number of halogens is 4. The molecular formula is C7H7F4NS. The molecule has 0 aromatic heterocycles. The van der Waals surface area contributed by atoms with Crippen LogP contribution in [0.2, 0.25) is 0 Å². The Kier molecular flexibility index (Phi) is 3.39. The molecule has 1 nitrogen and oxygen atoms in total. The van der Waals surface area contributed by atoms with Crippen LogP contribution in [0.4, 0.5) is 17.6 Å². The normalized spacial score (nSPS) is 45.4. The van der Waals surface area contributed by atoms with E-state index in [0.29, 0.717) is 0 Å². The Hall–Kier alpha value is -0.480. The lowest BCUT2D eigenvalue weighted by molar-refractivity contribution is -0.00170. The Bertz CT molecular complexity index is 217. The fraction of sp³-hybridized carbons (Fsp3) is 0.857. The largest absolute Gasteiger partial charge is 0.244 e. The van der Waals surface area contributed by atoms with Gasteiger partial charge in [0.05, 0.1) is 5.16 Å². The zero-order valence-electron chi connectivity index (χ0n) is 6.46. The molecule has 0 saturated heterocycles. The van der Waals surface area contributed by atoms with E-state index in [1.54, 1.807) is 5.16 Å². The first-order valence-corrected chi connectivity index (χ1v) is 4.12. The zero-order valence-corrected chi connectivity index (χ0v) is 7.28. The fourth-order valence-corrected chi connectivity index (χ4v) is 1.40. The molecule has 6 heteroatoms. The van der Waals surface area contributed by atoms with E-state index >= 15 is 0 Å². The summed E-state index contributed by atoms with van der Waals surface area (Å²) >= 11 is 4.12. The van der Waals surface area contributed by atoms with Crippen molar-refractivity contribution in [2.75, 3.05) is 0 Å². The maximum absolute atomic E-state index is 12.9. The molecule has 1 aliphatic rings. The van der Waals surface area contributed by atoms with E-state index in [2.05, 4.69) is 17.2 Å². The van der Waals surface area contributed by atoms with Crippen molar-refractivity contribution in [1.82, 2.24) is 0 Å². The molecule has 13 heavy (non-hydrogen) atoms. The van der Waals surface area contributed by atoms with Crippen LogP contribution in [0.15, 0.2) is 4.99 Å². The minimum absolute atomic E-state index is 0.758. The third kappa shape index (κ3) is 2.06. The molecule has 1 aliphatic carbocycles. The number of alkyl halides is 4. The van der Waals surface area contributed by atoms with E-state index in [9.17, 15) is 17.6 Å². The number of rotatable bonds is 1. The van der Waals surface area contributed by atoms with Gasteiger partial charge in [-0.05, 0) is 12.2 Å². The number of nitrogens with zero attached hydrogens (tertiary/aromatic N) is 1. The summed E-state index contributed by atoms with van der Waals surface area (Å²) in [6, 6.07) is -1.68. The maximum atomic E-state index is 12.9. The summed E-state index contributed by atoms with van der Waals surface area (Å²) < 4.78 is 51.1.